The second-order valence-corrected chi connectivity index (χ2v) is 7.76. The molecule has 3 heterocycles. The van der Waals surface area contributed by atoms with Gasteiger partial charge in [-0.3, -0.25) is 14.2 Å². The number of hydrogen-bond acceptors (Lipinski definition) is 7. The van der Waals surface area contributed by atoms with Gasteiger partial charge in [-0.05, 0) is 24.3 Å². The van der Waals surface area contributed by atoms with Crippen LogP contribution in [0.1, 0.15) is 0 Å². The first-order chi connectivity index (χ1) is 16.1. The number of rotatable bonds is 5. The van der Waals surface area contributed by atoms with E-state index in [0.29, 0.717) is 30.2 Å². The molecule has 10 heteroatoms. The molecule has 0 N–H and O–H groups in total. The molecule has 0 radical (unpaired) electrons. The minimum Gasteiger partial charge on any atom is -0.497 e. The Hall–Kier alpha value is -4.21. The summed E-state index contributed by atoms with van der Waals surface area (Å²) in [5.41, 5.74) is 1.87. The third kappa shape index (κ3) is 4.02. The number of carbonyl (C=O) groups is 1. The number of anilines is 1. The predicted octanol–water partition coefficient (Wildman–Crippen LogP) is 1.33. The smallest absolute Gasteiger partial charge is 0.284 e. The quantitative estimate of drug-likeness (QED) is 0.457. The summed E-state index contributed by atoms with van der Waals surface area (Å²) in [5, 5.41) is 8.10. The molecule has 2 aromatic carbocycles. The highest BCUT2D eigenvalue weighted by Gasteiger charge is 2.22. The number of nitrogens with zero attached hydrogens (tertiary/aromatic N) is 7. The maximum Gasteiger partial charge on any atom is 0.284 e. The highest BCUT2D eigenvalue weighted by atomic mass is 16.5. The van der Waals surface area contributed by atoms with Crippen LogP contribution in [0.15, 0.2) is 65.7 Å². The maximum atomic E-state index is 13.0. The first-order valence-corrected chi connectivity index (χ1v) is 10.7. The van der Waals surface area contributed by atoms with Crippen LogP contribution in [0.25, 0.3) is 16.9 Å². The summed E-state index contributed by atoms with van der Waals surface area (Å²) >= 11 is 0. The van der Waals surface area contributed by atoms with Gasteiger partial charge in [0.25, 0.3) is 5.56 Å². The van der Waals surface area contributed by atoms with Crippen molar-refractivity contribution in [3.8, 4) is 11.4 Å². The fraction of sp³-hybridized carbons (Fsp3) is 0.261. The zero-order valence-electron chi connectivity index (χ0n) is 18.2. The Morgan fingerprint density at radius 3 is 2.52 bits per heavy atom. The van der Waals surface area contributed by atoms with Crippen LogP contribution in [-0.2, 0) is 11.3 Å². The number of ether oxygens (including phenoxy) is 1. The molecular weight excluding hydrogens is 422 g/mol. The molecule has 0 unspecified atom stereocenters. The Balaban J connectivity index is 1.31. The molecule has 1 amide bonds. The van der Waals surface area contributed by atoms with E-state index in [9.17, 15) is 9.59 Å². The normalized spacial score (nSPS) is 14.0. The van der Waals surface area contributed by atoms with Crippen molar-refractivity contribution in [1.29, 1.82) is 0 Å². The molecule has 0 saturated carbocycles. The number of amides is 1. The standard InChI is InChI=1S/C23H23N7O3/c1-33-19-9-5-8-18(14-19)30-22-21(25-26-30)23(32)29(16-24-22)15-20(31)28-12-10-27(11-13-28)17-6-3-2-4-7-17/h2-9,14,16H,10-13,15H2,1H3. The second kappa shape index (κ2) is 8.73. The number of fused-ring (bicyclic) bond motifs is 1. The monoisotopic (exact) mass is 445 g/mol. The van der Waals surface area contributed by atoms with E-state index in [1.165, 1.54) is 15.6 Å². The van der Waals surface area contributed by atoms with Gasteiger partial charge in [-0.15, -0.1) is 5.10 Å². The first kappa shape index (κ1) is 20.7. The molecule has 0 bridgehead atoms. The number of piperazine rings is 1. The predicted molar refractivity (Wildman–Crippen MR) is 123 cm³/mol. The number of aromatic nitrogens is 5. The van der Waals surface area contributed by atoms with E-state index in [1.807, 2.05) is 36.4 Å². The van der Waals surface area contributed by atoms with Gasteiger partial charge in [-0.2, -0.15) is 4.68 Å². The summed E-state index contributed by atoms with van der Waals surface area (Å²) < 4.78 is 8.02. The van der Waals surface area contributed by atoms with Crippen LogP contribution in [-0.4, -0.2) is 68.6 Å². The average Bonchev–Trinajstić information content (AvgIpc) is 3.31. The first-order valence-electron chi connectivity index (χ1n) is 10.7. The van der Waals surface area contributed by atoms with Crippen LogP contribution in [0.4, 0.5) is 5.69 Å². The van der Waals surface area contributed by atoms with Gasteiger partial charge in [-0.1, -0.05) is 29.5 Å². The average molecular weight is 445 g/mol. The van der Waals surface area contributed by atoms with E-state index in [4.69, 9.17) is 4.74 Å². The van der Waals surface area contributed by atoms with Crippen molar-refractivity contribution in [2.24, 2.45) is 0 Å². The summed E-state index contributed by atoms with van der Waals surface area (Å²) in [6.45, 7) is 2.61. The van der Waals surface area contributed by atoms with E-state index in [-0.39, 0.29) is 18.0 Å². The third-order valence-electron chi connectivity index (χ3n) is 5.79. The Labute approximate surface area is 189 Å². The molecule has 0 spiro atoms. The molecule has 4 aromatic rings. The molecule has 1 saturated heterocycles. The summed E-state index contributed by atoms with van der Waals surface area (Å²) in [4.78, 5) is 34.2. The van der Waals surface area contributed by atoms with E-state index >= 15 is 0 Å². The van der Waals surface area contributed by atoms with Crippen molar-refractivity contribution >= 4 is 22.8 Å². The van der Waals surface area contributed by atoms with Crippen LogP contribution in [0.5, 0.6) is 5.75 Å². The zero-order chi connectivity index (χ0) is 22.8. The molecule has 1 aliphatic rings. The van der Waals surface area contributed by atoms with Crippen molar-refractivity contribution in [1.82, 2.24) is 29.4 Å². The number of hydrogen-bond donors (Lipinski definition) is 0. The van der Waals surface area contributed by atoms with E-state index in [1.54, 1.807) is 18.1 Å². The number of methoxy groups -OCH3 is 1. The van der Waals surface area contributed by atoms with Crippen molar-refractivity contribution in [3.63, 3.8) is 0 Å². The van der Waals surface area contributed by atoms with Gasteiger partial charge in [0.05, 0.1) is 12.8 Å². The lowest BCUT2D eigenvalue weighted by molar-refractivity contribution is -0.132. The molecule has 0 atom stereocenters. The lowest BCUT2D eigenvalue weighted by Crippen LogP contribution is -2.50. The van der Waals surface area contributed by atoms with E-state index in [0.717, 1.165) is 18.8 Å². The Morgan fingerprint density at radius 2 is 1.76 bits per heavy atom. The minimum absolute atomic E-state index is 0.0842. The van der Waals surface area contributed by atoms with Crippen LogP contribution in [0.3, 0.4) is 0 Å². The van der Waals surface area contributed by atoms with Crippen LogP contribution in [0, 0.1) is 0 Å². The maximum absolute atomic E-state index is 13.0. The lowest BCUT2D eigenvalue weighted by atomic mass is 10.2. The highest BCUT2D eigenvalue weighted by molar-refractivity contribution is 5.77. The van der Waals surface area contributed by atoms with Gasteiger partial charge in [0.15, 0.2) is 11.2 Å². The zero-order valence-corrected chi connectivity index (χ0v) is 18.2. The van der Waals surface area contributed by atoms with Crippen molar-refractivity contribution in [3.05, 3.63) is 71.3 Å². The molecule has 2 aromatic heterocycles. The Morgan fingerprint density at radius 1 is 1.00 bits per heavy atom. The molecule has 33 heavy (non-hydrogen) atoms. The van der Waals surface area contributed by atoms with Gasteiger partial charge < -0.3 is 14.5 Å². The Kier molecular flexibility index (Phi) is 5.47. The fourth-order valence-corrected chi connectivity index (χ4v) is 3.97. The van der Waals surface area contributed by atoms with Crippen molar-refractivity contribution in [2.45, 2.75) is 6.54 Å². The van der Waals surface area contributed by atoms with Crippen LogP contribution in [0.2, 0.25) is 0 Å². The summed E-state index contributed by atoms with van der Waals surface area (Å²) in [6, 6.07) is 17.4. The summed E-state index contributed by atoms with van der Waals surface area (Å²) in [5.74, 6) is 0.536. The Bertz CT molecular complexity index is 1340. The molecule has 10 nitrogen and oxygen atoms in total. The van der Waals surface area contributed by atoms with Crippen molar-refractivity contribution in [2.75, 3.05) is 38.2 Å². The summed E-state index contributed by atoms with van der Waals surface area (Å²) in [7, 11) is 1.58. The number of para-hydroxylation sites is 1. The van der Waals surface area contributed by atoms with Gasteiger partial charge in [0, 0.05) is 37.9 Å². The number of carbonyl (C=O) groups excluding carboxylic acids is 1. The second-order valence-electron chi connectivity index (χ2n) is 7.76. The fourth-order valence-electron chi connectivity index (χ4n) is 3.97. The molecule has 168 valence electrons. The molecule has 5 rings (SSSR count). The SMILES string of the molecule is COc1cccc(-n2nnc3c(=O)n(CC(=O)N4CCN(c5ccccc5)CC4)cnc32)c1. The van der Waals surface area contributed by atoms with Gasteiger partial charge in [-0.25, -0.2) is 4.98 Å². The minimum atomic E-state index is -0.398. The molecule has 1 aliphatic heterocycles. The van der Waals surface area contributed by atoms with E-state index < -0.39 is 5.56 Å². The molecule has 1 fully saturated rings. The van der Waals surface area contributed by atoms with Crippen LogP contribution >= 0.6 is 0 Å². The molecular formula is C23H23N7O3. The molecule has 0 aliphatic carbocycles. The lowest BCUT2D eigenvalue weighted by Gasteiger charge is -2.36. The van der Waals surface area contributed by atoms with Gasteiger partial charge in [0.2, 0.25) is 5.91 Å². The highest BCUT2D eigenvalue weighted by Crippen LogP contribution is 2.18. The largest absolute Gasteiger partial charge is 0.497 e. The number of benzene rings is 2. The summed E-state index contributed by atoms with van der Waals surface area (Å²) in [6.07, 6.45) is 1.38. The topological polar surface area (TPSA) is 98.4 Å². The van der Waals surface area contributed by atoms with Crippen molar-refractivity contribution < 1.29 is 9.53 Å². The van der Waals surface area contributed by atoms with E-state index in [2.05, 4.69) is 32.3 Å². The van der Waals surface area contributed by atoms with Gasteiger partial charge >= 0.3 is 0 Å². The third-order valence-corrected chi connectivity index (χ3v) is 5.79. The van der Waals surface area contributed by atoms with Gasteiger partial charge in [0.1, 0.15) is 18.6 Å². The van der Waals surface area contributed by atoms with Crippen LogP contribution < -0.4 is 15.2 Å².